The average molecular weight is 231 g/mol. The van der Waals surface area contributed by atoms with Crippen molar-refractivity contribution in [1.82, 2.24) is 4.90 Å². The van der Waals surface area contributed by atoms with Gasteiger partial charge >= 0.3 is 0 Å². The summed E-state index contributed by atoms with van der Waals surface area (Å²) in [4.78, 5) is 24.4. The Labute approximate surface area is 101 Å². The molecule has 1 fully saturated rings. The number of likely N-dealkylation sites (tertiary alicyclic amines) is 1. The van der Waals surface area contributed by atoms with Gasteiger partial charge in [0.2, 0.25) is 11.8 Å². The molecule has 0 spiro atoms. The zero-order valence-electron chi connectivity index (χ0n) is 10.3. The van der Waals surface area contributed by atoms with E-state index in [1.165, 1.54) is 23.0 Å². The molecule has 1 aliphatic rings. The summed E-state index contributed by atoms with van der Waals surface area (Å²) in [5.41, 5.74) is 2.42. The first kappa shape index (κ1) is 11.8. The summed E-state index contributed by atoms with van der Waals surface area (Å²) in [6, 6.07) is 8.26. The smallest absolute Gasteiger partial charge is 0.229 e. The summed E-state index contributed by atoms with van der Waals surface area (Å²) >= 11 is 0. The number of piperidine rings is 1. The van der Waals surface area contributed by atoms with Crippen LogP contribution in [0.1, 0.15) is 36.8 Å². The van der Waals surface area contributed by atoms with Gasteiger partial charge in [0.25, 0.3) is 0 Å². The molecule has 1 saturated heterocycles. The van der Waals surface area contributed by atoms with Crippen molar-refractivity contribution in [1.29, 1.82) is 0 Å². The summed E-state index contributed by atoms with van der Waals surface area (Å²) < 4.78 is 0. The number of hydrogen-bond donors (Lipinski definition) is 0. The first-order chi connectivity index (χ1) is 8.08. The topological polar surface area (TPSA) is 37.4 Å². The highest BCUT2D eigenvalue weighted by atomic mass is 16.2. The Bertz CT molecular complexity index is 453. The number of rotatable bonds is 1. The van der Waals surface area contributed by atoms with Crippen LogP contribution in [0.2, 0.25) is 0 Å². The van der Waals surface area contributed by atoms with Crippen molar-refractivity contribution in [3.05, 3.63) is 35.4 Å². The fraction of sp³-hybridized carbons (Fsp3) is 0.429. The largest absolute Gasteiger partial charge is 0.283 e. The van der Waals surface area contributed by atoms with Crippen LogP contribution in [0.5, 0.6) is 0 Å². The number of amides is 2. The van der Waals surface area contributed by atoms with E-state index in [-0.39, 0.29) is 17.7 Å². The van der Waals surface area contributed by atoms with Gasteiger partial charge in [-0.05, 0) is 24.8 Å². The maximum absolute atomic E-state index is 11.8. The zero-order chi connectivity index (χ0) is 12.4. The minimum Gasteiger partial charge on any atom is -0.283 e. The molecule has 90 valence electrons. The minimum absolute atomic E-state index is 0.0461. The van der Waals surface area contributed by atoms with E-state index in [0.717, 1.165) is 6.42 Å². The molecular weight excluding hydrogens is 214 g/mol. The van der Waals surface area contributed by atoms with Crippen LogP contribution >= 0.6 is 0 Å². The van der Waals surface area contributed by atoms with Gasteiger partial charge in [0.1, 0.15) is 0 Å². The molecular formula is C14H17NO2. The number of benzene rings is 1. The molecule has 1 aromatic rings. The van der Waals surface area contributed by atoms with Crippen LogP contribution < -0.4 is 0 Å². The van der Waals surface area contributed by atoms with Crippen LogP contribution in [-0.4, -0.2) is 23.3 Å². The monoisotopic (exact) mass is 231 g/mol. The number of carbonyl (C=O) groups is 2. The summed E-state index contributed by atoms with van der Waals surface area (Å²) in [6.07, 6.45) is 1.32. The molecule has 0 bridgehead atoms. The lowest BCUT2D eigenvalue weighted by Crippen LogP contribution is -2.41. The van der Waals surface area contributed by atoms with Gasteiger partial charge in [0.05, 0.1) is 0 Å². The number of nitrogens with zero attached hydrogens (tertiary/aromatic N) is 1. The third kappa shape index (κ3) is 2.54. The molecule has 1 aromatic carbocycles. The highest BCUT2D eigenvalue weighted by molar-refractivity contribution is 5.95. The maximum Gasteiger partial charge on any atom is 0.229 e. The Morgan fingerprint density at radius 2 is 2.18 bits per heavy atom. The molecule has 17 heavy (non-hydrogen) atoms. The third-order valence-electron chi connectivity index (χ3n) is 3.32. The van der Waals surface area contributed by atoms with Crippen LogP contribution in [0.3, 0.4) is 0 Å². The molecule has 1 unspecified atom stereocenters. The number of hydrogen-bond acceptors (Lipinski definition) is 2. The first-order valence-electron chi connectivity index (χ1n) is 5.95. The predicted octanol–water partition coefficient (Wildman–Crippen LogP) is 2.25. The highest BCUT2D eigenvalue weighted by Crippen LogP contribution is 2.29. The van der Waals surface area contributed by atoms with Gasteiger partial charge in [-0.1, -0.05) is 29.8 Å². The van der Waals surface area contributed by atoms with E-state index in [1.54, 1.807) is 0 Å². The lowest BCUT2D eigenvalue weighted by molar-refractivity contribution is -0.145. The van der Waals surface area contributed by atoms with Crippen molar-refractivity contribution < 1.29 is 9.59 Å². The van der Waals surface area contributed by atoms with Crippen LogP contribution in [-0.2, 0) is 9.59 Å². The molecule has 1 heterocycles. The van der Waals surface area contributed by atoms with E-state index in [1.807, 2.05) is 6.07 Å². The maximum atomic E-state index is 11.8. The lowest BCUT2D eigenvalue weighted by Gasteiger charge is -2.29. The van der Waals surface area contributed by atoms with Crippen LogP contribution in [0.25, 0.3) is 0 Å². The number of imide groups is 1. The van der Waals surface area contributed by atoms with Crippen molar-refractivity contribution in [2.75, 3.05) is 6.54 Å². The number of aryl methyl sites for hydroxylation is 1. The molecule has 0 aromatic heterocycles. The Hall–Kier alpha value is -1.64. The molecule has 0 saturated carbocycles. The summed E-state index contributed by atoms with van der Waals surface area (Å²) in [7, 11) is 0. The molecule has 3 nitrogen and oxygen atoms in total. The summed E-state index contributed by atoms with van der Waals surface area (Å²) in [5.74, 6) is 0.0750. The second-order valence-corrected chi connectivity index (χ2v) is 4.67. The summed E-state index contributed by atoms with van der Waals surface area (Å²) in [5, 5.41) is 0. The predicted molar refractivity (Wildman–Crippen MR) is 65.5 cm³/mol. The Kier molecular flexibility index (Phi) is 3.27. The Morgan fingerprint density at radius 1 is 1.41 bits per heavy atom. The van der Waals surface area contributed by atoms with Gasteiger partial charge in [0.15, 0.2) is 0 Å². The van der Waals surface area contributed by atoms with Crippen LogP contribution in [0.15, 0.2) is 24.3 Å². The normalized spacial score (nSPS) is 20.5. The second-order valence-electron chi connectivity index (χ2n) is 4.67. The van der Waals surface area contributed by atoms with Crippen molar-refractivity contribution >= 4 is 11.8 Å². The lowest BCUT2D eigenvalue weighted by atomic mass is 9.88. The van der Waals surface area contributed by atoms with Crippen molar-refractivity contribution in [3.8, 4) is 0 Å². The van der Waals surface area contributed by atoms with E-state index in [2.05, 4.69) is 25.1 Å². The average Bonchev–Trinajstić information content (AvgIpc) is 2.28. The summed E-state index contributed by atoms with van der Waals surface area (Å²) in [6.45, 7) is 4.05. The molecule has 0 aliphatic carbocycles. The van der Waals surface area contributed by atoms with Gasteiger partial charge in [-0.15, -0.1) is 0 Å². The quantitative estimate of drug-likeness (QED) is 0.743. The van der Waals surface area contributed by atoms with Crippen molar-refractivity contribution in [3.63, 3.8) is 0 Å². The minimum atomic E-state index is -0.141. The number of carbonyl (C=O) groups excluding carboxylic acids is 2. The molecule has 1 atom stereocenters. The van der Waals surface area contributed by atoms with Crippen LogP contribution in [0.4, 0.5) is 0 Å². The molecule has 0 N–H and O–H groups in total. The van der Waals surface area contributed by atoms with Gasteiger partial charge in [-0.25, -0.2) is 0 Å². The highest BCUT2D eigenvalue weighted by Gasteiger charge is 2.28. The Morgan fingerprint density at radius 3 is 2.76 bits per heavy atom. The standard InChI is InChI=1S/C14H17NO2/c1-10-4-3-5-12(8-10)13-6-7-15(11(2)16)14(17)9-13/h3-5,8,13H,6-7,9H2,1-2H3. The molecule has 2 rings (SSSR count). The molecule has 0 radical (unpaired) electrons. The van der Waals surface area contributed by atoms with E-state index in [9.17, 15) is 9.59 Å². The first-order valence-corrected chi connectivity index (χ1v) is 5.95. The van der Waals surface area contributed by atoms with E-state index >= 15 is 0 Å². The fourth-order valence-electron chi connectivity index (χ4n) is 2.37. The van der Waals surface area contributed by atoms with Gasteiger partial charge in [0, 0.05) is 19.9 Å². The second kappa shape index (κ2) is 4.70. The van der Waals surface area contributed by atoms with E-state index in [0.29, 0.717) is 13.0 Å². The van der Waals surface area contributed by atoms with E-state index < -0.39 is 0 Å². The Balaban J connectivity index is 2.12. The molecule has 1 aliphatic heterocycles. The van der Waals surface area contributed by atoms with Gasteiger partial charge in [-0.2, -0.15) is 0 Å². The third-order valence-corrected chi connectivity index (χ3v) is 3.32. The van der Waals surface area contributed by atoms with E-state index in [4.69, 9.17) is 0 Å². The van der Waals surface area contributed by atoms with Crippen LogP contribution in [0, 0.1) is 6.92 Å². The van der Waals surface area contributed by atoms with Crippen molar-refractivity contribution in [2.45, 2.75) is 32.6 Å². The van der Waals surface area contributed by atoms with Crippen molar-refractivity contribution in [2.24, 2.45) is 0 Å². The zero-order valence-corrected chi connectivity index (χ0v) is 10.3. The van der Waals surface area contributed by atoms with Gasteiger partial charge < -0.3 is 0 Å². The van der Waals surface area contributed by atoms with Gasteiger partial charge in [-0.3, -0.25) is 14.5 Å². The molecule has 3 heteroatoms. The molecule has 2 amide bonds. The fourth-order valence-corrected chi connectivity index (χ4v) is 2.37. The SMILES string of the molecule is CC(=O)N1CCC(c2cccc(C)c2)CC1=O.